The molecule has 0 fully saturated rings. The maximum absolute atomic E-state index is 12.4. The number of carbonyl (C=O) groups excluding carboxylic acids is 1. The van der Waals surface area contributed by atoms with Crippen LogP contribution in [0.25, 0.3) is 11.1 Å². The zero-order valence-electron chi connectivity index (χ0n) is 11.6. The fraction of sp³-hybridized carbons (Fsp3) is 0.133. The van der Waals surface area contributed by atoms with Gasteiger partial charge in [-0.05, 0) is 29.8 Å². The molecule has 2 aromatic carbocycles. The second-order valence-corrected chi connectivity index (χ2v) is 4.50. The summed E-state index contributed by atoms with van der Waals surface area (Å²) in [6.45, 7) is 0. The summed E-state index contributed by atoms with van der Waals surface area (Å²) in [5, 5.41) is 0. The summed E-state index contributed by atoms with van der Waals surface area (Å²) >= 11 is 0. The van der Waals surface area contributed by atoms with Gasteiger partial charge in [0, 0.05) is 11.1 Å². The Morgan fingerprint density at radius 1 is 0.833 bits per heavy atom. The van der Waals surface area contributed by atoms with E-state index in [2.05, 4.69) is 9.47 Å². The summed E-state index contributed by atoms with van der Waals surface area (Å²) in [6, 6.07) is 7.64. The van der Waals surface area contributed by atoms with Crippen molar-refractivity contribution in [1.82, 2.24) is 0 Å². The standard InChI is InChI=1S/C15H8F6O3/c16-14(17,18)23-11-6-9(8-22)5-10(7-11)12-3-1-2-4-13(12)24-15(19,20)21/h1-8H. The molecular formula is C15H8F6O3. The Kier molecular flexibility index (Phi) is 4.72. The second-order valence-electron chi connectivity index (χ2n) is 4.50. The molecule has 0 radical (unpaired) electrons. The minimum absolute atomic E-state index is 0.0984. The predicted octanol–water partition coefficient (Wildman–Crippen LogP) is 4.96. The summed E-state index contributed by atoms with van der Waals surface area (Å²) < 4.78 is 81.9. The zero-order valence-corrected chi connectivity index (χ0v) is 11.6. The largest absolute Gasteiger partial charge is 0.573 e. The Labute approximate surface area is 131 Å². The lowest BCUT2D eigenvalue weighted by Gasteiger charge is -2.15. The van der Waals surface area contributed by atoms with E-state index in [1.165, 1.54) is 18.2 Å². The van der Waals surface area contributed by atoms with Gasteiger partial charge in [-0.2, -0.15) is 0 Å². The fourth-order valence-corrected chi connectivity index (χ4v) is 1.96. The molecule has 0 amide bonds. The Morgan fingerprint density at radius 3 is 2.04 bits per heavy atom. The van der Waals surface area contributed by atoms with Crippen molar-refractivity contribution < 1.29 is 40.6 Å². The summed E-state index contributed by atoms with van der Waals surface area (Å²) in [6.07, 6.45) is -9.75. The molecule has 0 atom stereocenters. The van der Waals surface area contributed by atoms with Crippen molar-refractivity contribution in [1.29, 1.82) is 0 Å². The van der Waals surface area contributed by atoms with Gasteiger partial charge in [0.2, 0.25) is 0 Å². The van der Waals surface area contributed by atoms with Crippen molar-refractivity contribution in [2.45, 2.75) is 12.7 Å². The molecule has 0 bridgehead atoms. The molecule has 3 nitrogen and oxygen atoms in total. The highest BCUT2D eigenvalue weighted by Gasteiger charge is 2.33. The van der Waals surface area contributed by atoms with Gasteiger partial charge in [0.15, 0.2) is 0 Å². The highest BCUT2D eigenvalue weighted by molar-refractivity contribution is 5.81. The third-order valence-corrected chi connectivity index (χ3v) is 2.72. The fourth-order valence-electron chi connectivity index (χ4n) is 1.96. The quantitative estimate of drug-likeness (QED) is 0.577. The highest BCUT2D eigenvalue weighted by atomic mass is 19.4. The number of carbonyl (C=O) groups is 1. The molecule has 0 heterocycles. The minimum atomic E-state index is -5.01. The summed E-state index contributed by atoms with van der Waals surface area (Å²) in [7, 11) is 0. The van der Waals surface area contributed by atoms with Gasteiger partial charge in [-0.15, -0.1) is 26.3 Å². The van der Waals surface area contributed by atoms with Crippen molar-refractivity contribution >= 4 is 6.29 Å². The third-order valence-electron chi connectivity index (χ3n) is 2.72. The van der Waals surface area contributed by atoms with Crippen molar-refractivity contribution in [3.05, 3.63) is 48.0 Å². The molecule has 24 heavy (non-hydrogen) atoms. The molecule has 0 unspecified atom stereocenters. The van der Waals surface area contributed by atoms with E-state index in [-0.39, 0.29) is 23.0 Å². The van der Waals surface area contributed by atoms with Crippen LogP contribution >= 0.6 is 0 Å². The van der Waals surface area contributed by atoms with Gasteiger partial charge in [0.1, 0.15) is 17.8 Å². The van der Waals surface area contributed by atoms with Crippen molar-refractivity contribution in [3.63, 3.8) is 0 Å². The Bertz CT molecular complexity index is 737. The number of ether oxygens (including phenoxy) is 2. The molecular weight excluding hydrogens is 342 g/mol. The van der Waals surface area contributed by atoms with E-state index in [0.29, 0.717) is 0 Å². The SMILES string of the molecule is O=Cc1cc(OC(F)(F)F)cc(-c2ccccc2OC(F)(F)F)c1. The van der Waals surface area contributed by atoms with E-state index in [1.54, 1.807) is 0 Å². The van der Waals surface area contributed by atoms with E-state index in [4.69, 9.17) is 0 Å². The monoisotopic (exact) mass is 350 g/mol. The van der Waals surface area contributed by atoms with E-state index in [0.717, 1.165) is 24.3 Å². The lowest BCUT2D eigenvalue weighted by molar-refractivity contribution is -0.275. The maximum Gasteiger partial charge on any atom is 0.573 e. The number of halogens is 6. The molecule has 0 aliphatic rings. The zero-order chi connectivity index (χ0) is 18.0. The maximum atomic E-state index is 12.4. The van der Waals surface area contributed by atoms with E-state index in [9.17, 15) is 31.1 Å². The van der Waals surface area contributed by atoms with Gasteiger partial charge < -0.3 is 9.47 Å². The topological polar surface area (TPSA) is 35.5 Å². The van der Waals surface area contributed by atoms with Gasteiger partial charge in [-0.3, -0.25) is 4.79 Å². The first kappa shape index (κ1) is 17.6. The molecule has 0 aromatic heterocycles. The lowest BCUT2D eigenvalue weighted by atomic mass is 10.0. The van der Waals surface area contributed by atoms with Crippen molar-refractivity contribution in [2.75, 3.05) is 0 Å². The van der Waals surface area contributed by atoms with Gasteiger partial charge in [0.05, 0.1) is 0 Å². The predicted molar refractivity (Wildman–Crippen MR) is 70.6 cm³/mol. The number of aldehydes is 1. The Morgan fingerprint density at radius 2 is 1.46 bits per heavy atom. The van der Waals surface area contributed by atoms with Crippen LogP contribution in [0.15, 0.2) is 42.5 Å². The van der Waals surface area contributed by atoms with E-state index < -0.39 is 24.2 Å². The van der Waals surface area contributed by atoms with Crippen LogP contribution in [0.1, 0.15) is 10.4 Å². The summed E-state index contributed by atoms with van der Waals surface area (Å²) in [4.78, 5) is 10.9. The Hall–Kier alpha value is -2.71. The number of para-hydroxylation sites is 1. The lowest BCUT2D eigenvalue weighted by Crippen LogP contribution is -2.18. The molecule has 2 rings (SSSR count). The van der Waals surface area contributed by atoms with E-state index in [1.807, 2.05) is 0 Å². The highest BCUT2D eigenvalue weighted by Crippen LogP contribution is 2.36. The van der Waals surface area contributed by atoms with Crippen molar-refractivity contribution in [2.24, 2.45) is 0 Å². The molecule has 2 aromatic rings. The van der Waals surface area contributed by atoms with Crippen LogP contribution in [-0.2, 0) is 0 Å². The van der Waals surface area contributed by atoms with Crippen LogP contribution < -0.4 is 9.47 Å². The van der Waals surface area contributed by atoms with Crippen molar-refractivity contribution in [3.8, 4) is 22.6 Å². The molecule has 0 saturated heterocycles. The van der Waals surface area contributed by atoms with Crippen LogP contribution in [-0.4, -0.2) is 19.0 Å². The van der Waals surface area contributed by atoms with Crippen LogP contribution in [0.4, 0.5) is 26.3 Å². The smallest absolute Gasteiger partial charge is 0.406 e. The van der Waals surface area contributed by atoms with Crippen LogP contribution in [0.3, 0.4) is 0 Å². The average molecular weight is 350 g/mol. The minimum Gasteiger partial charge on any atom is -0.406 e. The van der Waals surface area contributed by atoms with Gasteiger partial charge in [-0.1, -0.05) is 18.2 Å². The number of benzene rings is 2. The molecule has 0 aliphatic heterocycles. The number of hydrogen-bond acceptors (Lipinski definition) is 3. The second kappa shape index (κ2) is 6.42. The first-order chi connectivity index (χ1) is 11.1. The van der Waals surface area contributed by atoms with Gasteiger partial charge >= 0.3 is 12.7 Å². The molecule has 0 N–H and O–H groups in total. The van der Waals surface area contributed by atoms with Gasteiger partial charge in [0.25, 0.3) is 0 Å². The molecule has 128 valence electrons. The first-order valence-electron chi connectivity index (χ1n) is 6.28. The number of alkyl halides is 6. The molecule has 0 spiro atoms. The number of hydrogen-bond donors (Lipinski definition) is 0. The van der Waals surface area contributed by atoms with Crippen LogP contribution in [0.2, 0.25) is 0 Å². The average Bonchev–Trinajstić information content (AvgIpc) is 2.44. The van der Waals surface area contributed by atoms with Crippen LogP contribution in [0.5, 0.6) is 11.5 Å². The molecule has 9 heteroatoms. The summed E-state index contributed by atoms with van der Waals surface area (Å²) in [5.74, 6) is -1.35. The van der Waals surface area contributed by atoms with E-state index >= 15 is 0 Å². The number of rotatable bonds is 4. The normalized spacial score (nSPS) is 11.9. The Balaban J connectivity index is 2.52. The first-order valence-corrected chi connectivity index (χ1v) is 6.28. The molecule has 0 aliphatic carbocycles. The molecule has 0 saturated carbocycles. The van der Waals surface area contributed by atoms with Gasteiger partial charge in [-0.25, -0.2) is 0 Å². The summed E-state index contributed by atoms with van der Waals surface area (Å²) in [5.41, 5.74) is -0.446. The third kappa shape index (κ3) is 4.90. The van der Waals surface area contributed by atoms with Crippen LogP contribution in [0, 0.1) is 0 Å².